The van der Waals surface area contributed by atoms with Crippen molar-refractivity contribution >= 4 is 17.3 Å². The maximum absolute atomic E-state index is 14.1. The Labute approximate surface area is 207 Å². The van der Waals surface area contributed by atoms with Crippen LogP contribution in [0.2, 0.25) is 0 Å². The summed E-state index contributed by atoms with van der Waals surface area (Å²) >= 11 is 0. The number of aromatic nitrogens is 3. The Balaban J connectivity index is 1.65. The van der Waals surface area contributed by atoms with Gasteiger partial charge in [-0.1, -0.05) is 11.2 Å². The van der Waals surface area contributed by atoms with E-state index in [-0.39, 0.29) is 11.9 Å². The van der Waals surface area contributed by atoms with Crippen LogP contribution in [0.15, 0.2) is 47.1 Å². The highest BCUT2D eigenvalue weighted by Gasteiger charge is 2.25. The molecule has 0 radical (unpaired) electrons. The van der Waals surface area contributed by atoms with Crippen LogP contribution >= 0.6 is 0 Å². The van der Waals surface area contributed by atoms with E-state index in [1.807, 2.05) is 36.6 Å². The van der Waals surface area contributed by atoms with Crippen LogP contribution in [0.1, 0.15) is 34.8 Å². The summed E-state index contributed by atoms with van der Waals surface area (Å²) in [7, 11) is 2.95. The summed E-state index contributed by atoms with van der Waals surface area (Å²) in [5.74, 6) is 0.979. The number of hydrogen-bond acceptors (Lipinski definition) is 6. The van der Waals surface area contributed by atoms with Gasteiger partial charge in [-0.3, -0.25) is 4.40 Å². The molecule has 1 aliphatic rings. The maximum atomic E-state index is 14.1. The number of methoxy groups -OCH3 is 2. The number of halogens is 1. The molecule has 1 amide bonds. The molecule has 4 aromatic rings. The van der Waals surface area contributed by atoms with E-state index in [0.717, 1.165) is 45.2 Å². The monoisotopic (exact) mass is 490 g/mol. The standard InChI is InChI=1S/C27H27FN4O4/c1-16-25(17(2)36-30-16)18-9-11-32-24(14-18)29-22(13-20-12-21(28)7-8-23(20)34-3)26(32)19-6-5-10-31(15-19)27(33)35-4/h6-9,11-12,14H,5,10,13,15H2,1-4H3. The van der Waals surface area contributed by atoms with Crippen LogP contribution < -0.4 is 4.74 Å². The van der Waals surface area contributed by atoms with Gasteiger partial charge in [-0.15, -0.1) is 0 Å². The molecule has 3 aromatic heterocycles. The molecule has 0 fully saturated rings. The normalized spacial score (nSPS) is 13.7. The molecule has 0 aliphatic carbocycles. The Morgan fingerprint density at radius 1 is 1.19 bits per heavy atom. The molecule has 5 rings (SSSR count). The van der Waals surface area contributed by atoms with Crippen LogP contribution in [0.3, 0.4) is 0 Å². The summed E-state index contributed by atoms with van der Waals surface area (Å²) < 4.78 is 32.0. The molecule has 0 unspecified atom stereocenters. The van der Waals surface area contributed by atoms with Gasteiger partial charge in [0.25, 0.3) is 0 Å². The molecule has 4 heterocycles. The number of rotatable bonds is 5. The van der Waals surface area contributed by atoms with E-state index in [0.29, 0.717) is 37.2 Å². The van der Waals surface area contributed by atoms with Crippen molar-refractivity contribution in [1.82, 2.24) is 19.4 Å². The van der Waals surface area contributed by atoms with Crippen molar-refractivity contribution in [3.05, 3.63) is 76.8 Å². The highest BCUT2D eigenvalue weighted by molar-refractivity contribution is 5.78. The largest absolute Gasteiger partial charge is 0.496 e. The molecule has 8 nitrogen and oxygen atoms in total. The minimum absolute atomic E-state index is 0.342. The van der Waals surface area contributed by atoms with E-state index in [9.17, 15) is 9.18 Å². The Morgan fingerprint density at radius 2 is 2.03 bits per heavy atom. The fourth-order valence-electron chi connectivity index (χ4n) is 4.87. The number of nitrogens with zero attached hydrogens (tertiary/aromatic N) is 4. The first-order valence-electron chi connectivity index (χ1n) is 11.7. The summed E-state index contributed by atoms with van der Waals surface area (Å²) in [6, 6.07) is 8.45. The quantitative estimate of drug-likeness (QED) is 0.383. The van der Waals surface area contributed by atoms with Crippen molar-refractivity contribution in [1.29, 1.82) is 0 Å². The summed E-state index contributed by atoms with van der Waals surface area (Å²) in [4.78, 5) is 18.9. The number of carbonyl (C=O) groups excluding carboxylic acids is 1. The molecule has 0 bridgehead atoms. The Bertz CT molecular complexity index is 1470. The molecule has 0 spiro atoms. The van der Waals surface area contributed by atoms with Gasteiger partial charge in [-0.2, -0.15) is 0 Å². The first-order valence-corrected chi connectivity index (χ1v) is 11.7. The first kappa shape index (κ1) is 23.6. The highest BCUT2D eigenvalue weighted by atomic mass is 19.1. The summed E-state index contributed by atoms with van der Waals surface area (Å²) in [5, 5.41) is 4.07. The van der Waals surface area contributed by atoms with Gasteiger partial charge in [0.1, 0.15) is 23.0 Å². The molecular weight excluding hydrogens is 463 g/mol. The smallest absolute Gasteiger partial charge is 0.409 e. The van der Waals surface area contributed by atoms with E-state index in [4.69, 9.17) is 19.0 Å². The lowest BCUT2D eigenvalue weighted by atomic mass is 10.0. The second kappa shape index (κ2) is 9.49. The van der Waals surface area contributed by atoms with Gasteiger partial charge in [0.2, 0.25) is 0 Å². The topological polar surface area (TPSA) is 82.1 Å². The van der Waals surface area contributed by atoms with Gasteiger partial charge in [-0.05, 0) is 61.7 Å². The summed E-state index contributed by atoms with van der Waals surface area (Å²) in [5.41, 5.74) is 6.68. The molecule has 1 aromatic carbocycles. The average Bonchev–Trinajstić information content (AvgIpc) is 3.41. The number of carbonyl (C=O) groups is 1. The predicted molar refractivity (Wildman–Crippen MR) is 132 cm³/mol. The van der Waals surface area contributed by atoms with Crippen molar-refractivity contribution in [2.45, 2.75) is 26.7 Å². The minimum Gasteiger partial charge on any atom is -0.496 e. The second-order valence-corrected chi connectivity index (χ2v) is 8.79. The van der Waals surface area contributed by atoms with Gasteiger partial charge >= 0.3 is 6.09 Å². The van der Waals surface area contributed by atoms with Crippen LogP contribution in [0, 0.1) is 19.7 Å². The molecular formula is C27H27FN4O4. The third-order valence-corrected chi connectivity index (χ3v) is 6.51. The average molecular weight is 491 g/mol. The third-order valence-electron chi connectivity index (χ3n) is 6.51. The lowest BCUT2D eigenvalue weighted by Gasteiger charge is -2.26. The van der Waals surface area contributed by atoms with Gasteiger partial charge in [0.15, 0.2) is 0 Å². The SMILES string of the molecule is COC(=O)N1CCC=C(c2c(Cc3cc(F)ccc3OC)nc3cc(-c4c(C)noc4C)ccn23)C1. The molecule has 0 N–H and O–H groups in total. The van der Waals surface area contributed by atoms with E-state index >= 15 is 0 Å². The van der Waals surface area contributed by atoms with Crippen molar-refractivity contribution in [3.63, 3.8) is 0 Å². The summed E-state index contributed by atoms with van der Waals surface area (Å²) in [6.45, 7) is 4.75. The third kappa shape index (κ3) is 4.21. The Kier molecular flexibility index (Phi) is 6.22. The molecule has 1 aliphatic heterocycles. The van der Waals surface area contributed by atoms with Crippen molar-refractivity contribution < 1.29 is 23.2 Å². The van der Waals surface area contributed by atoms with Crippen molar-refractivity contribution in [3.8, 4) is 16.9 Å². The van der Waals surface area contributed by atoms with Crippen LogP contribution in [-0.4, -0.2) is 52.8 Å². The lowest BCUT2D eigenvalue weighted by Crippen LogP contribution is -2.35. The molecule has 0 atom stereocenters. The minimum atomic E-state index is -0.372. The van der Waals surface area contributed by atoms with Crippen LogP contribution in [-0.2, 0) is 11.2 Å². The number of pyridine rings is 1. The second-order valence-electron chi connectivity index (χ2n) is 8.79. The number of ether oxygens (including phenoxy) is 2. The number of amides is 1. The molecule has 0 saturated heterocycles. The number of hydrogen-bond donors (Lipinski definition) is 0. The summed E-state index contributed by atoms with van der Waals surface area (Å²) in [6.07, 6.45) is 4.76. The number of imidazole rings is 1. The fourth-order valence-corrected chi connectivity index (χ4v) is 4.87. The lowest BCUT2D eigenvalue weighted by molar-refractivity contribution is 0.128. The molecule has 36 heavy (non-hydrogen) atoms. The van der Waals surface area contributed by atoms with Gasteiger partial charge in [-0.25, -0.2) is 14.2 Å². The molecule has 186 valence electrons. The number of benzene rings is 1. The maximum Gasteiger partial charge on any atom is 0.409 e. The number of fused-ring (bicyclic) bond motifs is 1. The van der Waals surface area contributed by atoms with E-state index < -0.39 is 0 Å². The van der Waals surface area contributed by atoms with E-state index in [1.165, 1.54) is 19.2 Å². The van der Waals surface area contributed by atoms with Crippen LogP contribution in [0.5, 0.6) is 5.75 Å². The van der Waals surface area contributed by atoms with E-state index in [2.05, 4.69) is 11.2 Å². The highest BCUT2D eigenvalue weighted by Crippen LogP contribution is 2.33. The van der Waals surface area contributed by atoms with Gasteiger partial charge in [0, 0.05) is 30.3 Å². The number of aryl methyl sites for hydroxylation is 2. The predicted octanol–water partition coefficient (Wildman–Crippen LogP) is 5.20. The van der Waals surface area contributed by atoms with Crippen LogP contribution in [0.4, 0.5) is 9.18 Å². The Hall–Kier alpha value is -4.14. The fraction of sp³-hybridized carbons (Fsp3) is 0.296. The zero-order chi connectivity index (χ0) is 25.4. The van der Waals surface area contributed by atoms with Crippen LogP contribution in [0.25, 0.3) is 22.3 Å². The van der Waals surface area contributed by atoms with Gasteiger partial charge in [0.05, 0.1) is 37.8 Å². The Morgan fingerprint density at radius 3 is 2.75 bits per heavy atom. The zero-order valence-electron chi connectivity index (χ0n) is 20.7. The van der Waals surface area contributed by atoms with Gasteiger partial charge < -0.3 is 18.9 Å². The van der Waals surface area contributed by atoms with Crippen molar-refractivity contribution in [2.75, 3.05) is 27.3 Å². The van der Waals surface area contributed by atoms with Crippen molar-refractivity contribution in [2.24, 2.45) is 0 Å². The van der Waals surface area contributed by atoms with E-state index in [1.54, 1.807) is 18.1 Å². The first-order chi connectivity index (χ1) is 17.4. The molecule has 0 saturated carbocycles. The molecule has 9 heteroatoms. The zero-order valence-corrected chi connectivity index (χ0v) is 20.7.